The van der Waals surface area contributed by atoms with Gasteiger partial charge < -0.3 is 24.1 Å². The van der Waals surface area contributed by atoms with E-state index in [0.29, 0.717) is 13.0 Å². The highest BCUT2D eigenvalue weighted by molar-refractivity contribution is 5.68. The molecule has 0 amide bonds. The highest BCUT2D eigenvalue weighted by atomic mass is 16.7. The fraction of sp³-hybridized carbons (Fsp3) is 0.650. The van der Waals surface area contributed by atoms with Crippen LogP contribution >= 0.6 is 0 Å². The first kappa shape index (κ1) is 20.8. The zero-order valence-electron chi connectivity index (χ0n) is 15.5. The molecule has 3 atom stereocenters. The van der Waals surface area contributed by atoms with E-state index < -0.39 is 0 Å². The normalized spacial score (nSPS) is 20.8. The third-order valence-corrected chi connectivity index (χ3v) is 4.58. The predicted octanol–water partition coefficient (Wildman–Crippen LogP) is 2.82. The van der Waals surface area contributed by atoms with Crippen molar-refractivity contribution in [3.63, 3.8) is 0 Å². The molecule has 1 aliphatic rings. The van der Waals surface area contributed by atoms with E-state index in [1.165, 1.54) is 7.11 Å². The van der Waals surface area contributed by atoms with E-state index >= 15 is 0 Å². The second-order valence-electron chi connectivity index (χ2n) is 6.54. The molecule has 0 unspecified atom stereocenters. The van der Waals surface area contributed by atoms with Crippen molar-refractivity contribution in [1.29, 1.82) is 0 Å². The van der Waals surface area contributed by atoms with Crippen LogP contribution in [0.5, 0.6) is 0 Å². The van der Waals surface area contributed by atoms with Crippen molar-refractivity contribution in [1.82, 2.24) is 0 Å². The highest BCUT2D eigenvalue weighted by Gasteiger charge is 2.31. The molecule has 2 rings (SSSR count). The summed E-state index contributed by atoms with van der Waals surface area (Å²) in [4.78, 5) is 11.2. The van der Waals surface area contributed by atoms with Gasteiger partial charge in [-0.3, -0.25) is 4.79 Å². The number of benzene rings is 1. The monoisotopic (exact) mass is 366 g/mol. The standard InChI is InChI=1S/C20H30O6/c1-23-20(22)10-6-5-9-18(19-12-11-17(13-21)26-19)25-15-24-14-16-7-3-2-4-8-16/h2-4,7-8,17-19,21H,5-6,9-15H2,1H3/t17-,18+,19-/m0/s1. The molecule has 1 aromatic carbocycles. The SMILES string of the molecule is COC(=O)CCCC[C@@H](OCOCc1ccccc1)[C@@H]1CC[C@@H](CO)O1. The molecule has 1 N–H and O–H groups in total. The summed E-state index contributed by atoms with van der Waals surface area (Å²) in [5.41, 5.74) is 1.10. The average Bonchev–Trinajstić information content (AvgIpc) is 3.16. The Hall–Kier alpha value is -1.47. The van der Waals surface area contributed by atoms with Crippen molar-refractivity contribution in [2.45, 2.75) is 63.4 Å². The van der Waals surface area contributed by atoms with E-state index in [2.05, 4.69) is 4.74 Å². The van der Waals surface area contributed by atoms with Crippen molar-refractivity contribution in [3.05, 3.63) is 35.9 Å². The Morgan fingerprint density at radius 2 is 2.08 bits per heavy atom. The van der Waals surface area contributed by atoms with Crippen LogP contribution in [0.4, 0.5) is 0 Å². The van der Waals surface area contributed by atoms with Gasteiger partial charge in [0.25, 0.3) is 0 Å². The van der Waals surface area contributed by atoms with E-state index in [-0.39, 0.29) is 37.7 Å². The maximum Gasteiger partial charge on any atom is 0.305 e. The van der Waals surface area contributed by atoms with Gasteiger partial charge >= 0.3 is 5.97 Å². The number of unbranched alkanes of at least 4 members (excludes halogenated alkanes) is 1. The summed E-state index contributed by atoms with van der Waals surface area (Å²) in [6, 6.07) is 9.95. The van der Waals surface area contributed by atoms with Crippen LogP contribution in [0.1, 0.15) is 44.1 Å². The van der Waals surface area contributed by atoms with E-state index in [0.717, 1.165) is 37.7 Å². The van der Waals surface area contributed by atoms with Gasteiger partial charge in [0.1, 0.15) is 6.79 Å². The number of carbonyl (C=O) groups excluding carboxylic acids is 1. The van der Waals surface area contributed by atoms with E-state index in [1.54, 1.807) is 0 Å². The molecule has 1 aromatic rings. The summed E-state index contributed by atoms with van der Waals surface area (Å²) in [6.07, 6.45) is 4.28. The Balaban J connectivity index is 1.73. The van der Waals surface area contributed by atoms with Crippen molar-refractivity contribution in [3.8, 4) is 0 Å². The number of aliphatic hydroxyl groups excluding tert-OH is 1. The van der Waals surface area contributed by atoms with Gasteiger partial charge in [0.2, 0.25) is 0 Å². The predicted molar refractivity (Wildman–Crippen MR) is 96.4 cm³/mol. The van der Waals surface area contributed by atoms with Crippen molar-refractivity contribution < 1.29 is 28.8 Å². The lowest BCUT2D eigenvalue weighted by molar-refractivity contribution is -0.145. The zero-order valence-corrected chi connectivity index (χ0v) is 15.5. The third-order valence-electron chi connectivity index (χ3n) is 4.58. The minimum atomic E-state index is -0.189. The van der Waals surface area contributed by atoms with Gasteiger partial charge in [0.15, 0.2) is 0 Å². The number of methoxy groups -OCH3 is 1. The van der Waals surface area contributed by atoms with Crippen LogP contribution in [-0.2, 0) is 30.3 Å². The molecule has 146 valence electrons. The summed E-state index contributed by atoms with van der Waals surface area (Å²) in [6.45, 7) is 0.733. The van der Waals surface area contributed by atoms with Gasteiger partial charge in [0, 0.05) is 6.42 Å². The van der Waals surface area contributed by atoms with Crippen molar-refractivity contribution >= 4 is 5.97 Å². The Bertz CT molecular complexity index is 506. The zero-order chi connectivity index (χ0) is 18.6. The quantitative estimate of drug-likeness (QED) is 0.348. The Kier molecular flexibility index (Phi) is 9.63. The molecule has 1 aliphatic heterocycles. The molecule has 0 spiro atoms. The molecular formula is C20H30O6. The smallest absolute Gasteiger partial charge is 0.305 e. The van der Waals surface area contributed by atoms with Crippen LogP contribution in [0.3, 0.4) is 0 Å². The maximum absolute atomic E-state index is 11.2. The van der Waals surface area contributed by atoms with Gasteiger partial charge in [-0.1, -0.05) is 36.8 Å². The largest absolute Gasteiger partial charge is 0.469 e. The minimum absolute atomic E-state index is 0.0365. The summed E-state index contributed by atoms with van der Waals surface area (Å²) >= 11 is 0. The molecule has 26 heavy (non-hydrogen) atoms. The van der Waals surface area contributed by atoms with Crippen LogP contribution in [-0.4, -0.2) is 49.9 Å². The number of esters is 1. The van der Waals surface area contributed by atoms with Crippen LogP contribution in [0, 0.1) is 0 Å². The van der Waals surface area contributed by atoms with Gasteiger partial charge in [-0.15, -0.1) is 0 Å². The van der Waals surface area contributed by atoms with E-state index in [9.17, 15) is 9.90 Å². The van der Waals surface area contributed by atoms with Gasteiger partial charge in [0.05, 0.1) is 38.6 Å². The molecular weight excluding hydrogens is 336 g/mol. The van der Waals surface area contributed by atoms with E-state index in [4.69, 9.17) is 14.2 Å². The number of hydrogen-bond acceptors (Lipinski definition) is 6. The fourth-order valence-corrected chi connectivity index (χ4v) is 3.10. The minimum Gasteiger partial charge on any atom is -0.469 e. The fourth-order valence-electron chi connectivity index (χ4n) is 3.10. The molecule has 6 heteroatoms. The lowest BCUT2D eigenvalue weighted by Crippen LogP contribution is -2.31. The van der Waals surface area contributed by atoms with Crippen LogP contribution in [0.15, 0.2) is 30.3 Å². The first-order valence-corrected chi connectivity index (χ1v) is 9.29. The Morgan fingerprint density at radius 1 is 1.27 bits per heavy atom. The molecule has 1 heterocycles. The molecule has 0 saturated carbocycles. The lowest BCUT2D eigenvalue weighted by Gasteiger charge is -2.24. The number of ether oxygens (including phenoxy) is 4. The van der Waals surface area contributed by atoms with Crippen molar-refractivity contribution in [2.24, 2.45) is 0 Å². The number of hydrogen-bond donors (Lipinski definition) is 1. The summed E-state index contributed by atoms with van der Waals surface area (Å²) in [7, 11) is 1.40. The van der Waals surface area contributed by atoms with Crippen LogP contribution in [0.2, 0.25) is 0 Å². The molecule has 6 nitrogen and oxygen atoms in total. The number of rotatable bonds is 12. The second kappa shape index (κ2) is 12.0. The maximum atomic E-state index is 11.2. The summed E-state index contributed by atoms with van der Waals surface area (Å²) in [5, 5.41) is 9.27. The molecule has 0 bridgehead atoms. The van der Waals surface area contributed by atoms with Crippen LogP contribution < -0.4 is 0 Å². The lowest BCUT2D eigenvalue weighted by atomic mass is 10.0. The third kappa shape index (κ3) is 7.41. The second-order valence-corrected chi connectivity index (χ2v) is 6.54. The van der Waals surface area contributed by atoms with Gasteiger partial charge in [-0.25, -0.2) is 0 Å². The summed E-state index contributed by atoms with van der Waals surface area (Å²) < 4.78 is 22.1. The number of carbonyl (C=O) groups is 1. The Labute approximate surface area is 155 Å². The van der Waals surface area contributed by atoms with Gasteiger partial charge in [-0.2, -0.15) is 0 Å². The Morgan fingerprint density at radius 3 is 2.77 bits per heavy atom. The van der Waals surface area contributed by atoms with E-state index in [1.807, 2.05) is 30.3 Å². The topological polar surface area (TPSA) is 74.2 Å². The molecule has 1 saturated heterocycles. The first-order chi connectivity index (χ1) is 12.7. The highest BCUT2D eigenvalue weighted by Crippen LogP contribution is 2.26. The molecule has 0 radical (unpaired) electrons. The van der Waals surface area contributed by atoms with Crippen molar-refractivity contribution in [2.75, 3.05) is 20.5 Å². The first-order valence-electron chi connectivity index (χ1n) is 9.29. The van der Waals surface area contributed by atoms with Gasteiger partial charge in [-0.05, 0) is 31.2 Å². The summed E-state index contributed by atoms with van der Waals surface area (Å²) in [5.74, 6) is -0.189. The molecule has 0 aliphatic carbocycles. The average molecular weight is 366 g/mol. The molecule has 0 aromatic heterocycles. The molecule has 1 fully saturated rings. The number of aliphatic hydroxyl groups is 1. The van der Waals surface area contributed by atoms with Crippen LogP contribution in [0.25, 0.3) is 0 Å².